The Morgan fingerprint density at radius 1 is 1.15 bits per heavy atom. The second kappa shape index (κ2) is 7.16. The van der Waals surface area contributed by atoms with E-state index in [2.05, 4.69) is 19.2 Å². The summed E-state index contributed by atoms with van der Waals surface area (Å²) in [6.45, 7) is 5.14. The van der Waals surface area contributed by atoms with Crippen molar-refractivity contribution in [3.05, 3.63) is 35.4 Å². The van der Waals surface area contributed by atoms with Crippen LogP contribution in [-0.2, 0) is 0 Å². The Hall–Kier alpha value is -0.960. The van der Waals surface area contributed by atoms with Gasteiger partial charge in [0, 0.05) is 6.04 Å². The zero-order valence-electron chi connectivity index (χ0n) is 12.5. The molecule has 1 fully saturated rings. The van der Waals surface area contributed by atoms with Gasteiger partial charge in [-0.15, -0.1) is 0 Å². The van der Waals surface area contributed by atoms with Crippen molar-refractivity contribution in [3.63, 3.8) is 0 Å². The van der Waals surface area contributed by atoms with Gasteiger partial charge in [-0.25, -0.2) is 8.78 Å². The van der Waals surface area contributed by atoms with Gasteiger partial charge in [-0.05, 0) is 42.5 Å². The van der Waals surface area contributed by atoms with Crippen LogP contribution in [0.5, 0.6) is 0 Å². The summed E-state index contributed by atoms with van der Waals surface area (Å²) in [5.41, 5.74) is 0.885. The molecule has 1 aliphatic rings. The van der Waals surface area contributed by atoms with Crippen molar-refractivity contribution < 1.29 is 8.78 Å². The molecule has 1 aromatic carbocycles. The van der Waals surface area contributed by atoms with E-state index in [4.69, 9.17) is 0 Å². The van der Waals surface area contributed by atoms with Gasteiger partial charge in [0.05, 0.1) is 0 Å². The fourth-order valence-corrected chi connectivity index (χ4v) is 3.62. The Balaban J connectivity index is 2.26. The Bertz CT molecular complexity index is 433. The topological polar surface area (TPSA) is 12.0 Å². The number of halogens is 2. The van der Waals surface area contributed by atoms with Crippen molar-refractivity contribution >= 4 is 0 Å². The Morgan fingerprint density at radius 3 is 2.55 bits per heavy atom. The van der Waals surface area contributed by atoms with Gasteiger partial charge in [-0.3, -0.25) is 0 Å². The molecule has 3 atom stereocenters. The minimum Gasteiger partial charge on any atom is -0.310 e. The lowest BCUT2D eigenvalue weighted by atomic mass is 9.72. The van der Waals surface area contributed by atoms with Gasteiger partial charge in [0.2, 0.25) is 0 Å². The van der Waals surface area contributed by atoms with Crippen LogP contribution in [0.3, 0.4) is 0 Å². The summed E-state index contributed by atoms with van der Waals surface area (Å²) in [5, 5.41) is 3.49. The second-order valence-corrected chi connectivity index (χ2v) is 5.83. The molecule has 112 valence electrons. The van der Waals surface area contributed by atoms with Crippen molar-refractivity contribution in [2.75, 3.05) is 6.54 Å². The Labute approximate surface area is 120 Å². The molecule has 20 heavy (non-hydrogen) atoms. The highest BCUT2D eigenvalue weighted by Crippen LogP contribution is 2.40. The molecule has 1 nitrogen and oxygen atoms in total. The number of rotatable bonds is 5. The molecule has 0 aromatic heterocycles. The Morgan fingerprint density at radius 2 is 1.90 bits per heavy atom. The smallest absolute Gasteiger partial charge is 0.159 e. The third-order valence-electron chi connectivity index (χ3n) is 4.65. The molecule has 0 aliphatic heterocycles. The average Bonchev–Trinajstić information content (AvgIpc) is 2.48. The first-order valence-electron chi connectivity index (χ1n) is 7.85. The molecule has 1 N–H and O–H groups in total. The highest BCUT2D eigenvalue weighted by molar-refractivity contribution is 5.22. The Kier molecular flexibility index (Phi) is 5.53. The largest absolute Gasteiger partial charge is 0.310 e. The van der Waals surface area contributed by atoms with Crippen molar-refractivity contribution in [1.29, 1.82) is 0 Å². The standard InChI is InChI=1S/C17H25F2N/c1-3-12-7-5-6-8-14(12)17(20-4-2)13-9-10-15(18)16(19)11-13/h9-12,14,17,20H,3-8H2,1-2H3. The van der Waals surface area contributed by atoms with Crippen LogP contribution in [0, 0.1) is 23.5 Å². The minimum atomic E-state index is -0.764. The van der Waals surface area contributed by atoms with E-state index in [0.29, 0.717) is 11.8 Å². The van der Waals surface area contributed by atoms with Crippen LogP contribution < -0.4 is 5.32 Å². The summed E-state index contributed by atoms with van der Waals surface area (Å²) >= 11 is 0. The maximum absolute atomic E-state index is 13.5. The molecule has 0 bridgehead atoms. The van der Waals surface area contributed by atoms with Gasteiger partial charge in [0.25, 0.3) is 0 Å². The van der Waals surface area contributed by atoms with Crippen molar-refractivity contribution in [2.45, 2.75) is 52.0 Å². The van der Waals surface area contributed by atoms with Gasteiger partial charge in [0.15, 0.2) is 11.6 Å². The van der Waals surface area contributed by atoms with Crippen LogP contribution in [0.15, 0.2) is 18.2 Å². The van der Waals surface area contributed by atoms with Crippen LogP contribution in [0.25, 0.3) is 0 Å². The molecule has 0 amide bonds. The first kappa shape index (κ1) is 15.4. The number of benzene rings is 1. The molecule has 2 rings (SSSR count). The quantitative estimate of drug-likeness (QED) is 0.815. The summed E-state index contributed by atoms with van der Waals surface area (Å²) in [7, 11) is 0. The molecule has 1 saturated carbocycles. The molecular formula is C17H25F2N. The predicted octanol–water partition coefficient (Wildman–Crippen LogP) is 4.83. The zero-order valence-corrected chi connectivity index (χ0v) is 12.5. The molecule has 0 saturated heterocycles. The first-order chi connectivity index (χ1) is 9.67. The van der Waals surface area contributed by atoms with Crippen LogP contribution in [-0.4, -0.2) is 6.54 Å². The monoisotopic (exact) mass is 281 g/mol. The minimum absolute atomic E-state index is 0.139. The van der Waals surface area contributed by atoms with E-state index in [1.165, 1.54) is 37.8 Å². The lowest BCUT2D eigenvalue weighted by Crippen LogP contribution is -2.34. The third kappa shape index (κ3) is 3.38. The molecule has 1 aliphatic carbocycles. The van der Waals surface area contributed by atoms with E-state index in [1.807, 2.05) is 0 Å². The van der Waals surface area contributed by atoms with E-state index in [0.717, 1.165) is 18.5 Å². The summed E-state index contributed by atoms with van der Waals surface area (Å²) in [6, 6.07) is 4.48. The summed E-state index contributed by atoms with van der Waals surface area (Å²) < 4.78 is 26.7. The van der Waals surface area contributed by atoms with Gasteiger partial charge >= 0.3 is 0 Å². The first-order valence-corrected chi connectivity index (χ1v) is 7.85. The fraction of sp³-hybridized carbons (Fsp3) is 0.647. The van der Waals surface area contributed by atoms with Crippen LogP contribution in [0.4, 0.5) is 8.78 Å². The van der Waals surface area contributed by atoms with Crippen LogP contribution in [0.2, 0.25) is 0 Å². The third-order valence-corrected chi connectivity index (χ3v) is 4.65. The molecule has 0 spiro atoms. The van der Waals surface area contributed by atoms with Gasteiger partial charge < -0.3 is 5.32 Å². The number of hydrogen-bond donors (Lipinski definition) is 1. The van der Waals surface area contributed by atoms with E-state index in [-0.39, 0.29) is 6.04 Å². The van der Waals surface area contributed by atoms with Gasteiger partial charge in [-0.2, -0.15) is 0 Å². The van der Waals surface area contributed by atoms with Crippen molar-refractivity contribution in [1.82, 2.24) is 5.32 Å². The zero-order chi connectivity index (χ0) is 14.5. The summed E-state index contributed by atoms with van der Waals surface area (Å²) in [5.74, 6) is -0.298. The van der Waals surface area contributed by atoms with E-state index >= 15 is 0 Å². The molecular weight excluding hydrogens is 256 g/mol. The van der Waals surface area contributed by atoms with Gasteiger partial charge in [-0.1, -0.05) is 45.6 Å². The molecule has 3 unspecified atom stereocenters. The normalized spacial score (nSPS) is 24.6. The summed E-state index contributed by atoms with van der Waals surface area (Å²) in [4.78, 5) is 0. The predicted molar refractivity (Wildman–Crippen MR) is 78.5 cm³/mol. The van der Waals surface area contributed by atoms with E-state index in [1.54, 1.807) is 6.07 Å². The van der Waals surface area contributed by atoms with Crippen LogP contribution >= 0.6 is 0 Å². The molecule has 3 heteroatoms. The maximum Gasteiger partial charge on any atom is 0.159 e. The van der Waals surface area contributed by atoms with Crippen molar-refractivity contribution in [3.8, 4) is 0 Å². The lowest BCUT2D eigenvalue weighted by molar-refractivity contribution is 0.176. The van der Waals surface area contributed by atoms with E-state index in [9.17, 15) is 8.78 Å². The van der Waals surface area contributed by atoms with Gasteiger partial charge in [0.1, 0.15) is 0 Å². The SMILES string of the molecule is CCNC(c1ccc(F)c(F)c1)C1CCCCC1CC. The highest BCUT2D eigenvalue weighted by Gasteiger charge is 2.31. The number of nitrogens with one attached hydrogen (secondary N) is 1. The highest BCUT2D eigenvalue weighted by atomic mass is 19.2. The maximum atomic E-state index is 13.5. The number of hydrogen-bond acceptors (Lipinski definition) is 1. The summed E-state index contributed by atoms with van der Waals surface area (Å²) in [6.07, 6.45) is 6.14. The lowest BCUT2D eigenvalue weighted by Gasteiger charge is -2.37. The van der Waals surface area contributed by atoms with Crippen molar-refractivity contribution in [2.24, 2.45) is 11.8 Å². The van der Waals surface area contributed by atoms with E-state index < -0.39 is 11.6 Å². The second-order valence-electron chi connectivity index (χ2n) is 5.83. The fourth-order valence-electron chi connectivity index (χ4n) is 3.62. The molecule has 0 radical (unpaired) electrons. The van der Waals surface area contributed by atoms with Crippen LogP contribution in [0.1, 0.15) is 57.6 Å². The average molecular weight is 281 g/mol. The molecule has 0 heterocycles. The molecule has 1 aromatic rings.